The number of hydrazine groups is 1. The van der Waals surface area contributed by atoms with Crippen molar-refractivity contribution in [1.29, 1.82) is 0 Å². The smallest absolute Gasteiger partial charge is 0.422 e. The molecule has 2 amide bonds. The Morgan fingerprint density at radius 2 is 1.39 bits per heavy atom. The Morgan fingerprint density at radius 1 is 0.878 bits per heavy atom. The van der Waals surface area contributed by atoms with Crippen LogP contribution < -0.4 is 5.43 Å². The highest BCUT2D eigenvalue weighted by molar-refractivity contribution is 7.72. The summed E-state index contributed by atoms with van der Waals surface area (Å²) in [4.78, 5) is 81.4. The Kier molecular flexibility index (Phi) is 13.5. The Bertz CT molecular complexity index is 974. The summed E-state index contributed by atoms with van der Waals surface area (Å²) in [6, 6.07) is 0. The molecule has 0 bridgehead atoms. The predicted octanol–water partition coefficient (Wildman–Crippen LogP) is 2.05. The molecular weight excluding hydrogens is 582 g/mol. The number of carbonyl (C=O) groups is 3. The molecule has 0 unspecified atom stereocenters. The molecule has 0 aromatic heterocycles. The Balaban J connectivity index is 2.85. The van der Waals surface area contributed by atoms with Gasteiger partial charge in [0.2, 0.25) is 10.9 Å². The third-order valence-corrected chi connectivity index (χ3v) is 11.9. The Morgan fingerprint density at radius 3 is 1.78 bits per heavy atom. The van der Waals surface area contributed by atoms with Gasteiger partial charge in [-0.05, 0) is 47.0 Å². The van der Waals surface area contributed by atoms with Crippen LogP contribution in [0.5, 0.6) is 0 Å². The summed E-state index contributed by atoms with van der Waals surface area (Å²) in [7, 11) is -11.1. The van der Waals surface area contributed by atoms with Gasteiger partial charge >= 0.3 is 27.3 Å². The van der Waals surface area contributed by atoms with Crippen LogP contribution in [0.25, 0.3) is 0 Å². The van der Waals surface area contributed by atoms with E-state index in [1.807, 2.05) is 4.90 Å². The van der Waals surface area contributed by atoms with E-state index in [0.717, 1.165) is 0 Å². The molecule has 1 aliphatic heterocycles. The second-order valence-electron chi connectivity index (χ2n) is 11.1. The molecule has 0 atom stereocenters. The molecule has 15 nitrogen and oxygen atoms in total. The summed E-state index contributed by atoms with van der Waals surface area (Å²) in [5.41, 5.74) is 0.593. The molecule has 0 aromatic rings. The standard InChI is InChI=1S/C24H48N4O11P2/c1-8-23(9-2,20(30)28(11-4)24(10-3,40(32,33)34)41(35,36)37)18-19(29)38-17-16-26-12-14-27(15-13-26)25-21(31)39-22(5,6)7/h8-18H2,1-7H3,(H,25,31)(H2,32,33,34)(H2,35,36,37). The largest absolute Gasteiger partial charge is 0.464 e. The van der Waals surface area contributed by atoms with E-state index in [4.69, 9.17) is 9.47 Å². The molecule has 1 rings (SSSR count). The van der Waals surface area contributed by atoms with Gasteiger partial charge in [0, 0.05) is 39.3 Å². The first-order valence-corrected chi connectivity index (χ1v) is 17.0. The lowest BCUT2D eigenvalue weighted by molar-refractivity contribution is -0.156. The molecule has 41 heavy (non-hydrogen) atoms. The minimum absolute atomic E-state index is 0.0252. The maximum Gasteiger partial charge on any atom is 0.422 e. The first-order valence-electron chi connectivity index (χ1n) is 13.8. The van der Waals surface area contributed by atoms with E-state index < -0.39 is 68.6 Å². The Labute approximate surface area is 242 Å². The number of esters is 1. The van der Waals surface area contributed by atoms with E-state index in [1.165, 1.54) is 13.8 Å². The highest BCUT2D eigenvalue weighted by Crippen LogP contribution is 2.72. The quantitative estimate of drug-likeness (QED) is 0.138. The van der Waals surface area contributed by atoms with Crippen molar-refractivity contribution in [2.24, 2.45) is 5.41 Å². The summed E-state index contributed by atoms with van der Waals surface area (Å²) in [5.74, 6) is -1.64. The lowest BCUT2D eigenvalue weighted by Crippen LogP contribution is -2.56. The molecule has 1 heterocycles. The van der Waals surface area contributed by atoms with Crippen molar-refractivity contribution in [2.75, 3.05) is 45.9 Å². The summed E-state index contributed by atoms with van der Waals surface area (Å²) < 4.78 is 35.6. The third kappa shape index (κ3) is 9.46. The minimum Gasteiger partial charge on any atom is -0.464 e. The van der Waals surface area contributed by atoms with Crippen LogP contribution in [0.1, 0.15) is 74.1 Å². The van der Waals surface area contributed by atoms with E-state index in [2.05, 4.69) is 5.43 Å². The van der Waals surface area contributed by atoms with Gasteiger partial charge in [-0.2, -0.15) is 0 Å². The van der Waals surface area contributed by atoms with Crippen molar-refractivity contribution >= 4 is 33.2 Å². The number of amides is 2. The molecule has 1 aliphatic rings. The van der Waals surface area contributed by atoms with Gasteiger partial charge < -0.3 is 33.9 Å². The molecule has 0 radical (unpaired) electrons. The number of nitrogens with zero attached hydrogens (tertiary/aromatic N) is 3. The Hall–Kier alpha value is -1.57. The highest BCUT2D eigenvalue weighted by atomic mass is 31.2. The molecule has 17 heteroatoms. The van der Waals surface area contributed by atoms with Gasteiger partial charge in [-0.25, -0.2) is 9.80 Å². The number of piperazine rings is 1. The number of hydrogen-bond acceptors (Lipinski definition) is 9. The fraction of sp³-hybridized carbons (Fsp3) is 0.875. The lowest BCUT2D eigenvalue weighted by Gasteiger charge is -2.46. The van der Waals surface area contributed by atoms with Crippen LogP contribution in [-0.2, 0) is 28.2 Å². The predicted molar refractivity (Wildman–Crippen MR) is 150 cm³/mol. The molecular formula is C24H48N4O11P2. The van der Waals surface area contributed by atoms with Crippen LogP contribution in [0.15, 0.2) is 0 Å². The van der Waals surface area contributed by atoms with E-state index in [0.29, 0.717) is 37.6 Å². The molecule has 0 aromatic carbocycles. The van der Waals surface area contributed by atoms with Crippen LogP contribution in [-0.4, -0.2) is 109 Å². The van der Waals surface area contributed by atoms with E-state index in [-0.39, 0.29) is 19.4 Å². The monoisotopic (exact) mass is 630 g/mol. The van der Waals surface area contributed by atoms with Gasteiger partial charge in [0.05, 0.1) is 11.8 Å². The van der Waals surface area contributed by atoms with Crippen LogP contribution in [0, 0.1) is 5.41 Å². The number of hydrogen-bond donors (Lipinski definition) is 5. The number of carbonyl (C=O) groups excluding carboxylic acids is 3. The maximum absolute atomic E-state index is 13.8. The van der Waals surface area contributed by atoms with Crippen molar-refractivity contribution in [3.8, 4) is 0 Å². The first kappa shape index (κ1) is 37.5. The average Bonchev–Trinajstić information content (AvgIpc) is 2.83. The van der Waals surface area contributed by atoms with Gasteiger partial charge in [-0.3, -0.25) is 29.0 Å². The lowest BCUT2D eigenvalue weighted by atomic mass is 9.77. The summed E-state index contributed by atoms with van der Waals surface area (Å²) >= 11 is 0. The molecule has 5 N–H and O–H groups in total. The SMILES string of the molecule is CCN(C(=O)C(CC)(CC)CC(=O)OCCN1CCN(NC(=O)OC(C)(C)C)CC1)C(CC)(P(=O)(O)O)P(=O)(O)O. The van der Waals surface area contributed by atoms with Crippen LogP contribution in [0.2, 0.25) is 0 Å². The van der Waals surface area contributed by atoms with Crippen LogP contribution in [0.4, 0.5) is 4.79 Å². The van der Waals surface area contributed by atoms with Gasteiger partial charge in [0.1, 0.15) is 12.2 Å². The normalized spacial score (nSPS) is 16.3. The highest BCUT2D eigenvalue weighted by Gasteiger charge is 2.65. The van der Waals surface area contributed by atoms with Gasteiger partial charge in [-0.15, -0.1) is 0 Å². The van der Waals surface area contributed by atoms with Crippen LogP contribution >= 0.6 is 15.2 Å². The number of ether oxygens (including phenoxy) is 2. The van der Waals surface area contributed by atoms with Crippen molar-refractivity contribution in [3.05, 3.63) is 0 Å². The second kappa shape index (κ2) is 14.7. The van der Waals surface area contributed by atoms with Crippen LogP contribution in [0.3, 0.4) is 0 Å². The zero-order valence-electron chi connectivity index (χ0n) is 25.2. The van der Waals surface area contributed by atoms with E-state index in [1.54, 1.807) is 39.6 Å². The summed E-state index contributed by atoms with van der Waals surface area (Å²) in [6.45, 7) is 13.4. The zero-order chi connectivity index (χ0) is 31.9. The van der Waals surface area contributed by atoms with E-state index >= 15 is 0 Å². The molecule has 1 fully saturated rings. The maximum atomic E-state index is 13.8. The first-order chi connectivity index (χ1) is 18.7. The molecule has 0 saturated carbocycles. The third-order valence-electron chi connectivity index (χ3n) is 7.38. The fourth-order valence-corrected chi connectivity index (χ4v) is 8.21. The molecule has 0 aliphatic carbocycles. The number of nitrogens with one attached hydrogen (secondary N) is 1. The second-order valence-corrected chi connectivity index (χ2v) is 15.1. The number of rotatable bonds is 14. The zero-order valence-corrected chi connectivity index (χ0v) is 26.9. The van der Waals surface area contributed by atoms with Crippen molar-refractivity contribution in [2.45, 2.75) is 84.8 Å². The van der Waals surface area contributed by atoms with Gasteiger partial charge in [-0.1, -0.05) is 20.8 Å². The van der Waals surface area contributed by atoms with E-state index in [9.17, 15) is 43.1 Å². The topological polar surface area (TPSA) is 206 Å². The minimum atomic E-state index is -5.55. The molecule has 0 spiro atoms. The summed E-state index contributed by atoms with van der Waals surface area (Å²) in [5, 5.41) is -1.31. The fourth-order valence-electron chi connectivity index (χ4n) is 4.94. The molecule has 1 saturated heterocycles. The molecule has 240 valence electrons. The summed E-state index contributed by atoms with van der Waals surface area (Å²) in [6.07, 6.45) is -1.52. The van der Waals surface area contributed by atoms with Crippen molar-refractivity contribution in [3.63, 3.8) is 0 Å². The van der Waals surface area contributed by atoms with Gasteiger partial charge in [0.25, 0.3) is 0 Å². The van der Waals surface area contributed by atoms with Crippen molar-refractivity contribution in [1.82, 2.24) is 20.2 Å². The van der Waals surface area contributed by atoms with Gasteiger partial charge in [0.15, 0.2) is 0 Å². The average molecular weight is 631 g/mol. The van der Waals surface area contributed by atoms with Crippen molar-refractivity contribution < 1.29 is 52.6 Å².